The highest BCUT2D eigenvalue weighted by Gasteiger charge is 2.39. The molecule has 0 aromatic rings. The van der Waals surface area contributed by atoms with E-state index >= 15 is 0 Å². The zero-order valence-electron chi connectivity index (χ0n) is 8.65. The zero-order valence-corrected chi connectivity index (χ0v) is 9.47. The monoisotopic (exact) mass is 200 g/mol. The largest absolute Gasteiger partial charge is 0.313 e. The third kappa shape index (κ3) is 2.20. The minimum Gasteiger partial charge on any atom is -0.313 e. The van der Waals surface area contributed by atoms with Gasteiger partial charge in [0.25, 0.3) is 0 Å². The summed E-state index contributed by atoms with van der Waals surface area (Å²) < 4.78 is 0. The normalized spacial score (nSPS) is 31.8. The van der Waals surface area contributed by atoms with E-state index in [0.29, 0.717) is 5.54 Å². The van der Waals surface area contributed by atoms with Crippen molar-refractivity contribution in [3.05, 3.63) is 0 Å². The van der Waals surface area contributed by atoms with Crippen molar-refractivity contribution >= 4 is 11.8 Å². The average Bonchev–Trinajstić information content (AvgIpc) is 2.03. The molecule has 0 bridgehead atoms. The van der Waals surface area contributed by atoms with Crippen LogP contribution in [0.4, 0.5) is 0 Å². The first kappa shape index (κ1) is 9.81. The van der Waals surface area contributed by atoms with Crippen molar-refractivity contribution < 1.29 is 0 Å². The van der Waals surface area contributed by atoms with Crippen molar-refractivity contribution in [3.8, 4) is 0 Å². The van der Waals surface area contributed by atoms with E-state index in [2.05, 4.69) is 36.2 Å². The lowest BCUT2D eigenvalue weighted by molar-refractivity contribution is 0.160. The van der Waals surface area contributed by atoms with Gasteiger partial charge in [-0.2, -0.15) is 11.8 Å². The van der Waals surface area contributed by atoms with Crippen LogP contribution in [-0.4, -0.2) is 35.7 Å². The maximum Gasteiger partial charge on any atom is 0.0327 e. The molecule has 2 heterocycles. The number of rotatable bonds is 0. The molecule has 0 radical (unpaired) electrons. The van der Waals surface area contributed by atoms with E-state index in [0.717, 1.165) is 13.1 Å². The maximum atomic E-state index is 3.83. The van der Waals surface area contributed by atoms with Gasteiger partial charge in [0.1, 0.15) is 0 Å². The SMILES string of the molecule is CC1(C)CNCC2(CCSCC2)N1. The molecule has 2 fully saturated rings. The molecule has 0 amide bonds. The summed E-state index contributed by atoms with van der Waals surface area (Å²) in [6, 6.07) is 0. The van der Waals surface area contributed by atoms with Crippen LogP contribution >= 0.6 is 11.8 Å². The molecule has 3 heteroatoms. The summed E-state index contributed by atoms with van der Waals surface area (Å²) >= 11 is 2.09. The smallest absolute Gasteiger partial charge is 0.0327 e. The Bertz CT molecular complexity index is 180. The lowest BCUT2D eigenvalue weighted by atomic mass is 9.85. The van der Waals surface area contributed by atoms with E-state index in [1.165, 1.54) is 24.3 Å². The third-order valence-electron chi connectivity index (χ3n) is 3.08. The van der Waals surface area contributed by atoms with Gasteiger partial charge in [0.15, 0.2) is 0 Å². The fourth-order valence-electron chi connectivity index (χ4n) is 2.48. The fraction of sp³-hybridized carbons (Fsp3) is 1.00. The van der Waals surface area contributed by atoms with Crippen LogP contribution in [-0.2, 0) is 0 Å². The number of hydrogen-bond acceptors (Lipinski definition) is 3. The van der Waals surface area contributed by atoms with Gasteiger partial charge in [-0.15, -0.1) is 0 Å². The van der Waals surface area contributed by atoms with Gasteiger partial charge in [0.05, 0.1) is 0 Å². The van der Waals surface area contributed by atoms with Gasteiger partial charge < -0.3 is 10.6 Å². The molecule has 0 aliphatic carbocycles. The van der Waals surface area contributed by atoms with Crippen molar-refractivity contribution in [1.82, 2.24) is 10.6 Å². The van der Waals surface area contributed by atoms with E-state index in [4.69, 9.17) is 0 Å². The molecular formula is C10H20N2S. The van der Waals surface area contributed by atoms with Gasteiger partial charge in [-0.25, -0.2) is 0 Å². The van der Waals surface area contributed by atoms with Gasteiger partial charge in [0.2, 0.25) is 0 Å². The highest BCUT2D eigenvalue weighted by molar-refractivity contribution is 7.99. The van der Waals surface area contributed by atoms with Crippen LogP contribution in [0.15, 0.2) is 0 Å². The number of hydrogen-bond donors (Lipinski definition) is 2. The number of thioether (sulfide) groups is 1. The van der Waals surface area contributed by atoms with Gasteiger partial charge >= 0.3 is 0 Å². The third-order valence-corrected chi connectivity index (χ3v) is 4.07. The second-order valence-electron chi connectivity index (χ2n) is 5.01. The summed E-state index contributed by atoms with van der Waals surface area (Å²) in [5.41, 5.74) is 0.688. The molecule has 2 N–H and O–H groups in total. The quantitative estimate of drug-likeness (QED) is 0.615. The average molecular weight is 200 g/mol. The van der Waals surface area contributed by atoms with E-state index in [1.54, 1.807) is 0 Å². The molecule has 2 saturated heterocycles. The van der Waals surface area contributed by atoms with Crippen LogP contribution in [0.25, 0.3) is 0 Å². The summed E-state index contributed by atoms with van der Waals surface area (Å²) in [4.78, 5) is 0. The molecule has 2 rings (SSSR count). The second-order valence-corrected chi connectivity index (χ2v) is 6.23. The lowest BCUT2D eigenvalue weighted by Gasteiger charge is -2.48. The number of nitrogens with one attached hydrogen (secondary N) is 2. The van der Waals surface area contributed by atoms with Gasteiger partial charge in [-0.3, -0.25) is 0 Å². The Hall–Kier alpha value is 0.270. The first-order chi connectivity index (χ1) is 6.12. The van der Waals surface area contributed by atoms with Crippen molar-refractivity contribution in [2.24, 2.45) is 0 Å². The van der Waals surface area contributed by atoms with Crippen LogP contribution in [0.5, 0.6) is 0 Å². The Morgan fingerprint density at radius 2 is 1.77 bits per heavy atom. The summed E-state index contributed by atoms with van der Waals surface area (Å²) in [6.45, 7) is 6.85. The van der Waals surface area contributed by atoms with E-state index in [1.807, 2.05) is 0 Å². The Labute approximate surface area is 85.2 Å². The summed E-state index contributed by atoms with van der Waals surface area (Å²) in [5.74, 6) is 2.65. The molecule has 0 saturated carbocycles. The molecule has 0 aromatic heterocycles. The van der Waals surface area contributed by atoms with Gasteiger partial charge in [-0.1, -0.05) is 0 Å². The summed E-state index contributed by atoms with van der Waals surface area (Å²) in [6.07, 6.45) is 2.65. The first-order valence-corrected chi connectivity index (χ1v) is 6.35. The standard InChI is InChI=1S/C10H20N2S/c1-9(2)7-11-8-10(12-9)3-5-13-6-4-10/h11-12H,3-8H2,1-2H3. The molecule has 13 heavy (non-hydrogen) atoms. The summed E-state index contributed by atoms with van der Waals surface area (Å²) in [7, 11) is 0. The topological polar surface area (TPSA) is 24.1 Å². The summed E-state index contributed by atoms with van der Waals surface area (Å²) in [5, 5.41) is 7.40. The van der Waals surface area contributed by atoms with E-state index < -0.39 is 0 Å². The second kappa shape index (κ2) is 3.44. The Kier molecular flexibility index (Phi) is 2.60. The van der Waals surface area contributed by atoms with E-state index in [9.17, 15) is 0 Å². The highest BCUT2D eigenvalue weighted by Crippen LogP contribution is 2.30. The molecule has 2 nitrogen and oxygen atoms in total. The Morgan fingerprint density at radius 3 is 2.38 bits per heavy atom. The van der Waals surface area contributed by atoms with Gasteiger partial charge in [-0.05, 0) is 38.2 Å². The predicted octanol–water partition coefficient (Wildman–Crippen LogP) is 1.22. The Balaban J connectivity index is 2.04. The highest BCUT2D eigenvalue weighted by atomic mass is 32.2. The minimum atomic E-state index is 0.278. The minimum absolute atomic E-state index is 0.278. The maximum absolute atomic E-state index is 3.83. The zero-order chi connectivity index (χ0) is 9.36. The Morgan fingerprint density at radius 1 is 1.08 bits per heavy atom. The van der Waals surface area contributed by atoms with Crippen molar-refractivity contribution in [2.45, 2.75) is 37.8 Å². The van der Waals surface area contributed by atoms with E-state index in [-0.39, 0.29) is 5.54 Å². The molecule has 0 aromatic carbocycles. The molecule has 2 aliphatic heterocycles. The molecule has 76 valence electrons. The van der Waals surface area contributed by atoms with Crippen LogP contribution in [0.3, 0.4) is 0 Å². The van der Waals surface area contributed by atoms with Crippen molar-refractivity contribution in [2.75, 3.05) is 24.6 Å². The molecule has 0 unspecified atom stereocenters. The van der Waals surface area contributed by atoms with Crippen LogP contribution in [0, 0.1) is 0 Å². The van der Waals surface area contributed by atoms with Gasteiger partial charge in [0, 0.05) is 24.2 Å². The molecule has 2 aliphatic rings. The van der Waals surface area contributed by atoms with Crippen molar-refractivity contribution in [3.63, 3.8) is 0 Å². The van der Waals surface area contributed by atoms with Crippen molar-refractivity contribution in [1.29, 1.82) is 0 Å². The first-order valence-electron chi connectivity index (χ1n) is 5.20. The fourth-order valence-corrected chi connectivity index (χ4v) is 3.76. The molecule has 1 spiro atoms. The predicted molar refractivity (Wildman–Crippen MR) is 59.4 cm³/mol. The van der Waals surface area contributed by atoms with Crippen LogP contribution in [0.1, 0.15) is 26.7 Å². The van der Waals surface area contributed by atoms with Crippen LogP contribution in [0.2, 0.25) is 0 Å². The molecule has 0 atom stereocenters. The molecular weight excluding hydrogens is 180 g/mol. The van der Waals surface area contributed by atoms with Crippen LogP contribution < -0.4 is 10.6 Å². The lowest BCUT2D eigenvalue weighted by Crippen LogP contribution is -2.69. The number of piperazine rings is 1.